The second-order valence-electron chi connectivity index (χ2n) is 8.26. The number of rotatable bonds is 4. The van der Waals surface area contributed by atoms with Crippen molar-refractivity contribution in [3.05, 3.63) is 89.5 Å². The van der Waals surface area contributed by atoms with Gasteiger partial charge in [-0.1, -0.05) is 6.07 Å². The number of methoxy groups -OCH3 is 1. The molecule has 0 N–H and O–H groups in total. The lowest BCUT2D eigenvalue weighted by Crippen LogP contribution is -2.50. The van der Waals surface area contributed by atoms with E-state index < -0.39 is 0 Å². The van der Waals surface area contributed by atoms with Gasteiger partial charge in [0.05, 0.1) is 42.4 Å². The monoisotopic (exact) mass is 443 g/mol. The maximum atomic E-state index is 13.5. The van der Waals surface area contributed by atoms with Gasteiger partial charge >= 0.3 is 0 Å². The molecule has 2 aliphatic heterocycles. The quantitative estimate of drug-likeness (QED) is 0.534. The topological polar surface area (TPSA) is 45.9 Å². The number of hydrogen-bond donors (Lipinski definition) is 0. The van der Waals surface area contributed by atoms with Gasteiger partial charge in [-0.3, -0.25) is 10.0 Å². The average molecular weight is 444 g/mol. The van der Waals surface area contributed by atoms with Crippen LogP contribution in [0.5, 0.6) is 5.75 Å². The zero-order chi connectivity index (χ0) is 22.9. The summed E-state index contributed by atoms with van der Waals surface area (Å²) >= 11 is 0. The Morgan fingerprint density at radius 1 is 1.09 bits per heavy atom. The highest BCUT2D eigenvalue weighted by atomic mass is 19.1. The number of aromatic nitrogens is 2. The number of aliphatic imine (C=N–C) groups is 1. The standard InChI is InChI=1S/C26H26FN5O/c1-18-16-30(17-29-18)24-11-6-20(14-25(24)33-3)13-21-5-4-12-31-26(21)28-15-19(2)32(31)23-9-7-22(27)8-10-23/h6-11,13-17H,4-5,12H2,1-3H3/b21-13+. The molecule has 1 aromatic heterocycles. The third kappa shape index (κ3) is 4.02. The molecule has 1 saturated heterocycles. The minimum absolute atomic E-state index is 0.242. The van der Waals surface area contributed by atoms with Crippen molar-refractivity contribution in [2.24, 2.45) is 4.99 Å². The van der Waals surface area contributed by atoms with E-state index in [2.05, 4.69) is 27.1 Å². The second kappa shape index (κ2) is 8.58. The van der Waals surface area contributed by atoms with Gasteiger partial charge in [-0.05, 0) is 80.3 Å². The molecule has 0 unspecified atom stereocenters. The van der Waals surface area contributed by atoms with Crippen LogP contribution in [-0.2, 0) is 0 Å². The predicted molar refractivity (Wildman–Crippen MR) is 129 cm³/mol. The lowest BCUT2D eigenvalue weighted by Gasteiger charge is -2.43. The number of anilines is 1. The molecule has 3 heterocycles. The van der Waals surface area contributed by atoms with Crippen LogP contribution in [-0.4, -0.2) is 34.1 Å². The summed E-state index contributed by atoms with van der Waals surface area (Å²) in [5.74, 6) is 1.46. The molecule has 0 bridgehead atoms. The highest BCUT2D eigenvalue weighted by Crippen LogP contribution is 2.32. The van der Waals surface area contributed by atoms with E-state index in [1.54, 1.807) is 25.6 Å². The molecular weight excluding hydrogens is 417 g/mol. The van der Waals surface area contributed by atoms with Crippen LogP contribution in [0.4, 0.5) is 10.1 Å². The van der Waals surface area contributed by atoms with E-state index in [1.165, 1.54) is 12.1 Å². The van der Waals surface area contributed by atoms with Gasteiger partial charge in [0, 0.05) is 12.7 Å². The molecule has 0 amide bonds. The summed E-state index contributed by atoms with van der Waals surface area (Å²) in [4.78, 5) is 9.08. The van der Waals surface area contributed by atoms with Gasteiger partial charge < -0.3 is 9.30 Å². The molecule has 1 fully saturated rings. The van der Waals surface area contributed by atoms with E-state index in [0.29, 0.717) is 0 Å². The number of aryl methyl sites for hydroxylation is 1. The predicted octanol–water partition coefficient (Wildman–Crippen LogP) is 5.50. The number of halogens is 1. The first kappa shape index (κ1) is 21.0. The van der Waals surface area contributed by atoms with Crippen LogP contribution in [0, 0.1) is 12.7 Å². The molecule has 0 saturated carbocycles. The van der Waals surface area contributed by atoms with Crippen molar-refractivity contribution < 1.29 is 9.13 Å². The molecule has 0 radical (unpaired) electrons. The molecule has 3 aromatic rings. The maximum Gasteiger partial charge on any atom is 0.150 e. The Morgan fingerprint density at radius 2 is 1.91 bits per heavy atom. The van der Waals surface area contributed by atoms with Crippen molar-refractivity contribution in [1.29, 1.82) is 0 Å². The normalized spacial score (nSPS) is 17.0. The first-order chi connectivity index (χ1) is 16.0. The number of allylic oxidation sites excluding steroid dienone is 1. The van der Waals surface area contributed by atoms with E-state index in [1.807, 2.05) is 42.9 Å². The van der Waals surface area contributed by atoms with E-state index in [4.69, 9.17) is 9.73 Å². The van der Waals surface area contributed by atoms with Gasteiger partial charge in [-0.25, -0.2) is 14.4 Å². The number of benzene rings is 2. The molecule has 6 nitrogen and oxygen atoms in total. The Labute approximate surface area is 192 Å². The summed E-state index contributed by atoms with van der Waals surface area (Å²) in [6, 6.07) is 12.8. The van der Waals surface area contributed by atoms with Gasteiger partial charge in [-0.15, -0.1) is 0 Å². The third-order valence-corrected chi connectivity index (χ3v) is 5.90. The Hall–Kier alpha value is -3.87. The van der Waals surface area contributed by atoms with E-state index in [-0.39, 0.29) is 5.82 Å². The molecule has 0 atom stereocenters. The molecular formula is C26H26FN5O. The largest absolute Gasteiger partial charge is 0.495 e. The first-order valence-electron chi connectivity index (χ1n) is 11.0. The van der Waals surface area contributed by atoms with Crippen molar-refractivity contribution in [3.8, 4) is 11.4 Å². The minimum atomic E-state index is -0.242. The van der Waals surface area contributed by atoms with Crippen molar-refractivity contribution in [3.63, 3.8) is 0 Å². The Kier molecular flexibility index (Phi) is 5.46. The Balaban J connectivity index is 1.48. The molecule has 2 aromatic carbocycles. The highest BCUT2D eigenvalue weighted by molar-refractivity contribution is 6.04. The van der Waals surface area contributed by atoms with E-state index in [0.717, 1.165) is 64.9 Å². The van der Waals surface area contributed by atoms with Crippen LogP contribution >= 0.6 is 0 Å². The average Bonchev–Trinajstić information content (AvgIpc) is 3.26. The fraction of sp³-hybridized carbons (Fsp3) is 0.231. The number of ether oxygens (including phenoxy) is 1. The first-order valence-corrected chi connectivity index (χ1v) is 11.0. The molecule has 168 valence electrons. The van der Waals surface area contributed by atoms with Crippen molar-refractivity contribution in [2.45, 2.75) is 26.7 Å². The van der Waals surface area contributed by atoms with Crippen molar-refractivity contribution >= 4 is 17.6 Å². The molecule has 0 aliphatic carbocycles. The third-order valence-electron chi connectivity index (χ3n) is 5.90. The van der Waals surface area contributed by atoms with Crippen LogP contribution in [0.15, 0.2) is 77.5 Å². The van der Waals surface area contributed by atoms with Crippen molar-refractivity contribution in [2.75, 3.05) is 18.7 Å². The number of amidine groups is 1. The van der Waals surface area contributed by atoms with E-state index in [9.17, 15) is 4.39 Å². The number of imidazole rings is 1. The fourth-order valence-electron chi connectivity index (χ4n) is 4.36. The lowest BCUT2D eigenvalue weighted by atomic mass is 10.00. The van der Waals surface area contributed by atoms with Crippen LogP contribution in [0.2, 0.25) is 0 Å². The number of nitrogens with zero attached hydrogens (tertiary/aromatic N) is 5. The maximum absolute atomic E-state index is 13.5. The Bertz CT molecular complexity index is 1270. The van der Waals surface area contributed by atoms with Crippen LogP contribution in [0.25, 0.3) is 11.8 Å². The molecule has 7 heteroatoms. The number of hydrazine groups is 1. The van der Waals surface area contributed by atoms with Gasteiger partial charge in [0.1, 0.15) is 11.6 Å². The molecule has 0 spiro atoms. The summed E-state index contributed by atoms with van der Waals surface area (Å²) in [5, 5.41) is 4.29. The minimum Gasteiger partial charge on any atom is -0.495 e. The van der Waals surface area contributed by atoms with Crippen LogP contribution in [0.1, 0.15) is 31.0 Å². The summed E-state index contributed by atoms with van der Waals surface area (Å²) in [7, 11) is 1.68. The zero-order valence-electron chi connectivity index (χ0n) is 19.0. The lowest BCUT2D eigenvalue weighted by molar-refractivity contribution is 0.379. The van der Waals surface area contributed by atoms with Gasteiger partial charge in [0.2, 0.25) is 0 Å². The number of fused-ring (bicyclic) bond motifs is 1. The van der Waals surface area contributed by atoms with Crippen molar-refractivity contribution in [1.82, 2.24) is 14.6 Å². The SMILES string of the molecule is COc1cc(/C=C2\CCCN3C2=NC=C(C)N3c2ccc(F)cc2)ccc1-n1cnc(C)c1. The highest BCUT2D eigenvalue weighted by Gasteiger charge is 2.30. The summed E-state index contributed by atoms with van der Waals surface area (Å²) in [6.45, 7) is 4.83. The summed E-state index contributed by atoms with van der Waals surface area (Å²) in [5.41, 5.74) is 6.02. The number of hydrogen-bond acceptors (Lipinski definition) is 5. The summed E-state index contributed by atoms with van der Waals surface area (Å²) in [6.07, 6.45) is 9.75. The van der Waals surface area contributed by atoms with E-state index >= 15 is 0 Å². The van der Waals surface area contributed by atoms with Gasteiger partial charge in [-0.2, -0.15) is 0 Å². The smallest absolute Gasteiger partial charge is 0.150 e. The second-order valence-corrected chi connectivity index (χ2v) is 8.26. The summed E-state index contributed by atoms with van der Waals surface area (Å²) < 4.78 is 21.1. The number of piperidine rings is 1. The van der Waals surface area contributed by atoms with Crippen LogP contribution < -0.4 is 9.75 Å². The zero-order valence-corrected chi connectivity index (χ0v) is 19.0. The van der Waals surface area contributed by atoms with Crippen LogP contribution in [0.3, 0.4) is 0 Å². The molecule has 2 aliphatic rings. The molecule has 33 heavy (non-hydrogen) atoms. The van der Waals surface area contributed by atoms with Gasteiger partial charge in [0.25, 0.3) is 0 Å². The molecule has 5 rings (SSSR count). The van der Waals surface area contributed by atoms with Gasteiger partial charge in [0.15, 0.2) is 5.84 Å². The Morgan fingerprint density at radius 3 is 2.64 bits per heavy atom. The fourth-order valence-corrected chi connectivity index (χ4v) is 4.36.